The van der Waals surface area contributed by atoms with Crippen molar-refractivity contribution < 1.29 is 9.53 Å². The van der Waals surface area contributed by atoms with E-state index in [9.17, 15) is 4.79 Å². The Morgan fingerprint density at radius 2 is 1.70 bits per heavy atom. The second-order valence-corrected chi connectivity index (χ2v) is 8.08. The molecule has 1 saturated heterocycles. The summed E-state index contributed by atoms with van der Waals surface area (Å²) in [5.74, 6) is -0.143. The van der Waals surface area contributed by atoms with Crippen LogP contribution in [0.15, 0.2) is 60.8 Å². The molecule has 1 aliphatic rings. The first kappa shape index (κ1) is 27.0. The van der Waals surface area contributed by atoms with Crippen molar-refractivity contribution in [1.29, 1.82) is 0 Å². The lowest BCUT2D eigenvalue weighted by atomic mass is 10.1. The predicted octanol–water partition coefficient (Wildman–Crippen LogP) is 3.94. The first-order valence-electron chi connectivity index (χ1n) is 11.2. The summed E-state index contributed by atoms with van der Waals surface area (Å²) in [5, 5.41) is 1.31. The highest BCUT2D eigenvalue weighted by Gasteiger charge is 2.19. The number of rotatable bonds is 9. The van der Waals surface area contributed by atoms with Crippen molar-refractivity contribution in [1.82, 2.24) is 9.47 Å². The Balaban J connectivity index is 0.00000193. The van der Waals surface area contributed by atoms with Gasteiger partial charge in [-0.15, -0.1) is 24.8 Å². The molecule has 2 aromatic carbocycles. The number of nitrogens with two attached hydrogens (primary N) is 1. The summed E-state index contributed by atoms with van der Waals surface area (Å²) >= 11 is 0. The van der Waals surface area contributed by atoms with Gasteiger partial charge in [-0.1, -0.05) is 36.4 Å². The van der Waals surface area contributed by atoms with Crippen LogP contribution < -0.4 is 10.6 Å². The van der Waals surface area contributed by atoms with Crippen LogP contribution in [0.3, 0.4) is 0 Å². The van der Waals surface area contributed by atoms with Crippen LogP contribution in [0.2, 0.25) is 0 Å². The van der Waals surface area contributed by atoms with E-state index in [4.69, 9.17) is 10.5 Å². The first-order chi connectivity index (χ1) is 15.2. The standard InChI is InChI=1S/C25H32N4O2.2ClH/c26-12-5-10-25(30)31-19-18-27-14-16-28(17-15-27)23-8-4-9-24-22(23)11-13-29(24)20-21-6-2-1-3-7-21;;/h1-4,6-9,11,13H,5,10,12,14-20,26H2;2*1H. The summed E-state index contributed by atoms with van der Waals surface area (Å²) < 4.78 is 7.64. The number of esters is 1. The van der Waals surface area contributed by atoms with E-state index >= 15 is 0 Å². The Morgan fingerprint density at radius 3 is 2.42 bits per heavy atom. The number of halogens is 2. The van der Waals surface area contributed by atoms with E-state index in [0.717, 1.165) is 39.3 Å². The maximum atomic E-state index is 11.6. The predicted molar refractivity (Wildman–Crippen MR) is 140 cm³/mol. The number of carbonyl (C=O) groups excluding carboxylic acids is 1. The van der Waals surface area contributed by atoms with Crippen LogP contribution in [0, 0.1) is 0 Å². The van der Waals surface area contributed by atoms with Gasteiger partial charge in [0, 0.05) is 63.0 Å². The molecule has 0 unspecified atom stereocenters. The van der Waals surface area contributed by atoms with E-state index in [1.54, 1.807) is 0 Å². The quantitative estimate of drug-likeness (QED) is 0.458. The average Bonchev–Trinajstić information content (AvgIpc) is 3.22. The minimum atomic E-state index is -0.143. The number of aromatic nitrogens is 1. The Bertz CT molecular complexity index is 988. The molecule has 4 rings (SSSR count). The molecular formula is C25H34Cl2N4O2. The lowest BCUT2D eigenvalue weighted by Crippen LogP contribution is -2.47. The summed E-state index contributed by atoms with van der Waals surface area (Å²) in [6, 6.07) is 19.4. The number of ether oxygens (including phenoxy) is 1. The molecule has 1 aliphatic heterocycles. The first-order valence-corrected chi connectivity index (χ1v) is 11.2. The third-order valence-corrected chi connectivity index (χ3v) is 5.95. The fourth-order valence-corrected chi connectivity index (χ4v) is 4.22. The Labute approximate surface area is 208 Å². The summed E-state index contributed by atoms with van der Waals surface area (Å²) in [6.45, 7) is 6.56. The number of carbonyl (C=O) groups is 1. The minimum Gasteiger partial charge on any atom is -0.464 e. The number of nitrogens with zero attached hydrogens (tertiary/aromatic N) is 3. The van der Waals surface area contributed by atoms with Crippen LogP contribution in [0.4, 0.5) is 5.69 Å². The van der Waals surface area contributed by atoms with Crippen molar-refractivity contribution in [2.75, 3.05) is 50.8 Å². The molecule has 8 heteroatoms. The van der Waals surface area contributed by atoms with E-state index in [-0.39, 0.29) is 30.8 Å². The van der Waals surface area contributed by atoms with Gasteiger partial charge in [-0.25, -0.2) is 0 Å². The van der Waals surface area contributed by atoms with E-state index in [1.807, 2.05) is 0 Å². The van der Waals surface area contributed by atoms with E-state index in [1.165, 1.54) is 22.2 Å². The molecule has 6 nitrogen and oxygen atoms in total. The van der Waals surface area contributed by atoms with Gasteiger partial charge in [-0.05, 0) is 36.7 Å². The molecule has 0 radical (unpaired) electrons. The van der Waals surface area contributed by atoms with Gasteiger partial charge in [-0.2, -0.15) is 0 Å². The molecule has 0 amide bonds. The maximum Gasteiger partial charge on any atom is 0.305 e. The molecule has 33 heavy (non-hydrogen) atoms. The monoisotopic (exact) mass is 492 g/mol. The van der Waals surface area contributed by atoms with Crippen molar-refractivity contribution in [3.8, 4) is 0 Å². The van der Waals surface area contributed by atoms with Gasteiger partial charge in [0.05, 0.1) is 5.52 Å². The molecule has 180 valence electrons. The molecule has 0 spiro atoms. The van der Waals surface area contributed by atoms with Crippen LogP contribution >= 0.6 is 24.8 Å². The van der Waals surface area contributed by atoms with Gasteiger partial charge < -0.3 is 19.9 Å². The maximum absolute atomic E-state index is 11.6. The fraction of sp³-hybridized carbons (Fsp3) is 0.400. The molecule has 0 aliphatic carbocycles. The zero-order chi connectivity index (χ0) is 21.5. The van der Waals surface area contributed by atoms with E-state index in [0.29, 0.717) is 26.0 Å². The molecule has 1 aromatic heterocycles. The largest absolute Gasteiger partial charge is 0.464 e. The van der Waals surface area contributed by atoms with Crippen LogP contribution in [-0.4, -0.2) is 61.3 Å². The third kappa shape index (κ3) is 7.11. The van der Waals surface area contributed by atoms with Crippen molar-refractivity contribution in [2.45, 2.75) is 19.4 Å². The van der Waals surface area contributed by atoms with Gasteiger partial charge in [0.2, 0.25) is 0 Å². The molecule has 0 atom stereocenters. The Kier molecular flexibility index (Phi) is 11.0. The number of anilines is 1. The zero-order valence-electron chi connectivity index (χ0n) is 18.9. The molecule has 3 aromatic rings. The second kappa shape index (κ2) is 13.5. The second-order valence-electron chi connectivity index (χ2n) is 8.08. The molecule has 2 N–H and O–H groups in total. The summed E-state index contributed by atoms with van der Waals surface area (Å²) in [4.78, 5) is 16.5. The van der Waals surface area contributed by atoms with Crippen molar-refractivity contribution in [2.24, 2.45) is 5.73 Å². The molecule has 0 bridgehead atoms. The highest BCUT2D eigenvalue weighted by Crippen LogP contribution is 2.29. The lowest BCUT2D eigenvalue weighted by Gasteiger charge is -2.36. The number of piperazine rings is 1. The highest BCUT2D eigenvalue weighted by atomic mass is 35.5. The van der Waals surface area contributed by atoms with Gasteiger partial charge >= 0.3 is 5.97 Å². The van der Waals surface area contributed by atoms with Crippen molar-refractivity contribution in [3.05, 3.63) is 66.4 Å². The lowest BCUT2D eigenvalue weighted by molar-refractivity contribution is -0.144. The van der Waals surface area contributed by atoms with Gasteiger partial charge in [-0.3, -0.25) is 9.69 Å². The Morgan fingerprint density at radius 1 is 0.939 bits per heavy atom. The van der Waals surface area contributed by atoms with Crippen LogP contribution in [0.5, 0.6) is 0 Å². The van der Waals surface area contributed by atoms with Gasteiger partial charge in [0.1, 0.15) is 6.61 Å². The molecular weight excluding hydrogens is 459 g/mol. The van der Waals surface area contributed by atoms with E-state index in [2.05, 4.69) is 75.2 Å². The normalized spacial score (nSPS) is 13.9. The van der Waals surface area contributed by atoms with Gasteiger partial charge in [0.25, 0.3) is 0 Å². The fourth-order valence-electron chi connectivity index (χ4n) is 4.22. The number of hydrogen-bond donors (Lipinski definition) is 1. The topological polar surface area (TPSA) is 63.7 Å². The number of hydrogen-bond acceptors (Lipinski definition) is 5. The molecule has 1 fully saturated rings. The van der Waals surface area contributed by atoms with Gasteiger partial charge in [0.15, 0.2) is 0 Å². The zero-order valence-corrected chi connectivity index (χ0v) is 20.5. The van der Waals surface area contributed by atoms with Crippen LogP contribution in [0.1, 0.15) is 18.4 Å². The summed E-state index contributed by atoms with van der Waals surface area (Å²) in [5.41, 5.74) is 9.31. The SMILES string of the molecule is Cl.Cl.NCCCC(=O)OCCN1CCN(c2cccc3c2ccn3Cc2ccccc2)CC1. The molecule has 2 heterocycles. The van der Waals surface area contributed by atoms with Crippen LogP contribution in [0.25, 0.3) is 10.9 Å². The highest BCUT2D eigenvalue weighted by molar-refractivity contribution is 5.93. The Hall–Kier alpha value is -2.25. The summed E-state index contributed by atoms with van der Waals surface area (Å²) in [7, 11) is 0. The van der Waals surface area contributed by atoms with E-state index < -0.39 is 0 Å². The number of fused-ring (bicyclic) bond motifs is 1. The minimum absolute atomic E-state index is 0. The summed E-state index contributed by atoms with van der Waals surface area (Å²) in [6.07, 6.45) is 3.30. The smallest absolute Gasteiger partial charge is 0.305 e. The third-order valence-electron chi connectivity index (χ3n) is 5.95. The van der Waals surface area contributed by atoms with Crippen LogP contribution in [-0.2, 0) is 16.1 Å². The van der Waals surface area contributed by atoms with Crippen molar-refractivity contribution >= 4 is 47.4 Å². The molecule has 0 saturated carbocycles. The average molecular weight is 493 g/mol. The van der Waals surface area contributed by atoms with Crippen molar-refractivity contribution in [3.63, 3.8) is 0 Å². The number of benzene rings is 2.